The lowest BCUT2D eigenvalue weighted by Gasteiger charge is -2.31. The summed E-state index contributed by atoms with van der Waals surface area (Å²) in [6.07, 6.45) is 6.26. The first kappa shape index (κ1) is 18.8. The minimum absolute atomic E-state index is 0.0865. The van der Waals surface area contributed by atoms with Crippen LogP contribution in [0, 0.1) is 5.92 Å². The molecule has 1 fully saturated rings. The Labute approximate surface area is 176 Å². The van der Waals surface area contributed by atoms with Gasteiger partial charge in [0.05, 0.1) is 0 Å². The lowest BCUT2D eigenvalue weighted by Crippen LogP contribution is -2.38. The Hall–Kier alpha value is -2.24. The number of aryl methyl sites for hydroxylation is 2. The fourth-order valence-electron chi connectivity index (χ4n) is 4.89. The van der Waals surface area contributed by atoms with Crippen LogP contribution in [0.3, 0.4) is 0 Å². The number of nitrogens with zero attached hydrogens (tertiary/aromatic N) is 3. The summed E-state index contributed by atoms with van der Waals surface area (Å²) in [5.41, 5.74) is 3.73. The summed E-state index contributed by atoms with van der Waals surface area (Å²) >= 11 is 1.74. The van der Waals surface area contributed by atoms with Crippen molar-refractivity contribution in [2.24, 2.45) is 5.92 Å². The maximum absolute atomic E-state index is 13.5. The van der Waals surface area contributed by atoms with Gasteiger partial charge in [0.1, 0.15) is 0 Å². The topological polar surface area (TPSA) is 36.4 Å². The van der Waals surface area contributed by atoms with Crippen LogP contribution in [0.1, 0.15) is 39.2 Å². The highest BCUT2D eigenvalue weighted by molar-refractivity contribution is 7.15. The second-order valence-corrected chi connectivity index (χ2v) is 9.65. The molecule has 0 radical (unpaired) electrons. The predicted molar refractivity (Wildman–Crippen MR) is 120 cm³/mol. The molecule has 0 bridgehead atoms. The third kappa shape index (κ3) is 3.47. The summed E-state index contributed by atoms with van der Waals surface area (Å²) in [6.45, 7) is 2.79. The predicted octanol–water partition coefficient (Wildman–Crippen LogP) is 4.56. The van der Waals surface area contributed by atoms with Crippen LogP contribution in [0.2, 0.25) is 0 Å². The molecule has 0 saturated carbocycles. The van der Waals surface area contributed by atoms with Crippen molar-refractivity contribution in [2.45, 2.75) is 32.2 Å². The zero-order valence-electron chi connectivity index (χ0n) is 17.1. The minimum Gasteiger partial charge on any atom is -0.354 e. The number of carbonyl (C=O) groups excluding carboxylic acids is 1. The van der Waals surface area contributed by atoms with Crippen molar-refractivity contribution in [1.82, 2.24) is 9.88 Å². The molecule has 5 rings (SSSR count). The van der Waals surface area contributed by atoms with Crippen molar-refractivity contribution in [3.63, 3.8) is 0 Å². The highest BCUT2D eigenvalue weighted by Gasteiger charge is 2.29. The van der Waals surface area contributed by atoms with Crippen LogP contribution in [0.4, 0.5) is 5.13 Å². The van der Waals surface area contributed by atoms with Crippen molar-refractivity contribution < 1.29 is 4.79 Å². The van der Waals surface area contributed by atoms with E-state index in [0.29, 0.717) is 5.78 Å². The van der Waals surface area contributed by atoms with E-state index < -0.39 is 0 Å². The van der Waals surface area contributed by atoms with Crippen LogP contribution in [-0.4, -0.2) is 42.9 Å². The van der Waals surface area contributed by atoms with Gasteiger partial charge in [0.2, 0.25) is 0 Å². The molecular formula is C24H27N3OS. The zero-order chi connectivity index (χ0) is 20.0. The third-order valence-electron chi connectivity index (χ3n) is 6.32. The fraction of sp³-hybridized carbons (Fsp3) is 0.417. The second-order valence-electron chi connectivity index (χ2n) is 8.55. The standard InChI is InChI=1S/C24H27N3OS/c1-26(2)24-25-13-19(29-24)15-27-12-4-6-18(14-27)23(28)21-11-10-17-9-8-16-5-3-7-20(21)22(16)17/h3,5,7,10-11,13,18H,4,6,8-9,12,14-15H2,1-2H3. The van der Waals surface area contributed by atoms with Gasteiger partial charge >= 0.3 is 0 Å². The summed E-state index contributed by atoms with van der Waals surface area (Å²) in [5.74, 6) is 0.409. The molecule has 1 atom stereocenters. The van der Waals surface area contributed by atoms with E-state index in [2.05, 4.69) is 40.2 Å². The van der Waals surface area contributed by atoms with Gasteiger partial charge in [-0.2, -0.15) is 0 Å². The van der Waals surface area contributed by atoms with Crippen LogP contribution in [-0.2, 0) is 19.4 Å². The molecule has 1 aromatic heterocycles. The Morgan fingerprint density at radius 1 is 1.21 bits per heavy atom. The highest BCUT2D eigenvalue weighted by atomic mass is 32.1. The fourth-order valence-corrected chi connectivity index (χ4v) is 5.77. The SMILES string of the molecule is CN(C)c1ncc(CN2CCCC(C(=O)c3ccc4c5c(cccc35)CC4)C2)s1. The Bertz CT molecular complexity index is 1060. The molecule has 0 N–H and O–H groups in total. The first-order valence-electron chi connectivity index (χ1n) is 10.5. The molecular weight excluding hydrogens is 378 g/mol. The Kier molecular flexibility index (Phi) is 4.88. The van der Waals surface area contributed by atoms with Crippen molar-refractivity contribution in [3.05, 3.63) is 58.1 Å². The quantitative estimate of drug-likeness (QED) is 0.583. The molecule has 1 unspecified atom stereocenters. The van der Waals surface area contributed by atoms with Gasteiger partial charge in [-0.25, -0.2) is 4.98 Å². The Balaban J connectivity index is 1.36. The smallest absolute Gasteiger partial charge is 0.185 e. The molecule has 2 heterocycles. The van der Waals surface area contributed by atoms with E-state index in [4.69, 9.17) is 0 Å². The van der Waals surface area contributed by atoms with Crippen molar-refractivity contribution >= 4 is 33.0 Å². The van der Waals surface area contributed by atoms with Gasteiger partial charge < -0.3 is 4.90 Å². The highest BCUT2D eigenvalue weighted by Crippen LogP contribution is 2.34. The lowest BCUT2D eigenvalue weighted by molar-refractivity contribution is 0.0814. The largest absolute Gasteiger partial charge is 0.354 e. The van der Waals surface area contributed by atoms with Gasteiger partial charge in [-0.3, -0.25) is 9.69 Å². The number of hydrogen-bond acceptors (Lipinski definition) is 5. The number of Topliss-reactive ketones (excluding diaryl/α,β-unsaturated/α-hetero) is 1. The van der Waals surface area contributed by atoms with Crippen LogP contribution >= 0.6 is 11.3 Å². The average molecular weight is 406 g/mol. The van der Waals surface area contributed by atoms with Gasteiger partial charge in [-0.1, -0.05) is 30.3 Å². The monoisotopic (exact) mass is 405 g/mol. The first-order valence-corrected chi connectivity index (χ1v) is 11.3. The summed E-state index contributed by atoms with van der Waals surface area (Å²) in [4.78, 5) is 23.7. The van der Waals surface area contributed by atoms with E-state index >= 15 is 0 Å². The molecule has 29 heavy (non-hydrogen) atoms. The second kappa shape index (κ2) is 7.54. The molecule has 1 saturated heterocycles. The van der Waals surface area contributed by atoms with Gasteiger partial charge in [0.15, 0.2) is 10.9 Å². The zero-order valence-corrected chi connectivity index (χ0v) is 18.0. The van der Waals surface area contributed by atoms with Crippen molar-refractivity contribution in [3.8, 4) is 0 Å². The Morgan fingerprint density at radius 3 is 2.83 bits per heavy atom. The maximum Gasteiger partial charge on any atom is 0.185 e. The van der Waals surface area contributed by atoms with E-state index in [1.807, 2.05) is 25.2 Å². The molecule has 1 aliphatic heterocycles. The maximum atomic E-state index is 13.5. The van der Waals surface area contributed by atoms with Gasteiger partial charge in [-0.05, 0) is 54.1 Å². The van der Waals surface area contributed by atoms with E-state index in [1.165, 1.54) is 21.4 Å². The third-order valence-corrected chi connectivity index (χ3v) is 7.47. The van der Waals surface area contributed by atoms with Gasteiger partial charge in [-0.15, -0.1) is 11.3 Å². The molecule has 150 valence electrons. The number of hydrogen-bond donors (Lipinski definition) is 0. The molecule has 4 nitrogen and oxygen atoms in total. The number of carbonyl (C=O) groups is 1. The number of rotatable bonds is 5. The minimum atomic E-state index is 0.0865. The normalized spacial score (nSPS) is 19.0. The molecule has 2 aromatic carbocycles. The molecule has 0 spiro atoms. The first-order chi connectivity index (χ1) is 14.1. The van der Waals surface area contributed by atoms with Crippen LogP contribution < -0.4 is 4.90 Å². The summed E-state index contributed by atoms with van der Waals surface area (Å²) < 4.78 is 0. The lowest BCUT2D eigenvalue weighted by atomic mass is 9.87. The van der Waals surface area contributed by atoms with Crippen LogP contribution in [0.15, 0.2) is 36.5 Å². The average Bonchev–Trinajstić information content (AvgIpc) is 3.37. The van der Waals surface area contributed by atoms with Crippen LogP contribution in [0.25, 0.3) is 10.8 Å². The number of anilines is 1. The van der Waals surface area contributed by atoms with E-state index in [1.54, 1.807) is 11.3 Å². The number of thiazole rings is 1. The van der Waals surface area contributed by atoms with Crippen molar-refractivity contribution in [1.29, 1.82) is 0 Å². The number of aromatic nitrogens is 1. The molecule has 5 heteroatoms. The van der Waals surface area contributed by atoms with E-state index in [-0.39, 0.29) is 5.92 Å². The van der Waals surface area contributed by atoms with E-state index in [0.717, 1.165) is 61.4 Å². The summed E-state index contributed by atoms with van der Waals surface area (Å²) in [6, 6.07) is 10.7. The number of piperidine rings is 1. The summed E-state index contributed by atoms with van der Waals surface area (Å²) in [5, 5.41) is 3.54. The number of benzene rings is 2. The number of ketones is 1. The Morgan fingerprint density at radius 2 is 2.03 bits per heavy atom. The van der Waals surface area contributed by atoms with Crippen molar-refractivity contribution in [2.75, 3.05) is 32.1 Å². The summed E-state index contributed by atoms with van der Waals surface area (Å²) in [7, 11) is 4.05. The molecule has 2 aliphatic rings. The molecule has 3 aromatic rings. The molecule has 1 aliphatic carbocycles. The number of likely N-dealkylation sites (tertiary alicyclic amines) is 1. The van der Waals surface area contributed by atoms with Crippen LogP contribution in [0.5, 0.6) is 0 Å². The van der Waals surface area contributed by atoms with E-state index in [9.17, 15) is 4.79 Å². The molecule has 0 amide bonds. The van der Waals surface area contributed by atoms with Gasteiger partial charge in [0.25, 0.3) is 0 Å². The van der Waals surface area contributed by atoms with Gasteiger partial charge in [0, 0.05) is 49.7 Å².